The maximum Gasteiger partial charge on any atom is 0.275 e. The van der Waals surface area contributed by atoms with Crippen molar-refractivity contribution in [2.45, 2.75) is 75.2 Å². The number of piperazine rings is 1. The molecule has 5 aliphatic rings. The number of likely N-dealkylation sites (tertiary alicyclic amines) is 1. The summed E-state index contributed by atoms with van der Waals surface area (Å²) < 4.78 is 46.9. The van der Waals surface area contributed by atoms with Gasteiger partial charge < -0.3 is 20.4 Å². The molecular weight excluding hydrogens is 859 g/mol. The van der Waals surface area contributed by atoms with Gasteiger partial charge in [0.05, 0.1) is 42.1 Å². The van der Waals surface area contributed by atoms with Crippen molar-refractivity contribution in [3.63, 3.8) is 0 Å². The van der Waals surface area contributed by atoms with Crippen molar-refractivity contribution in [3.8, 4) is 11.3 Å². The lowest BCUT2D eigenvalue weighted by Gasteiger charge is -2.46. The van der Waals surface area contributed by atoms with Crippen LogP contribution in [0.1, 0.15) is 64.3 Å². The van der Waals surface area contributed by atoms with Crippen LogP contribution < -0.4 is 20.9 Å². The summed E-state index contributed by atoms with van der Waals surface area (Å²) >= 11 is 6.47. The predicted octanol–water partition coefficient (Wildman–Crippen LogP) is 5.61. The highest BCUT2D eigenvalue weighted by Crippen LogP contribution is 2.40. The molecule has 5 aromatic rings. The van der Waals surface area contributed by atoms with E-state index in [0.717, 1.165) is 58.6 Å². The highest BCUT2D eigenvalue weighted by molar-refractivity contribution is 6.31. The maximum atomic E-state index is 15.9. The zero-order chi connectivity index (χ0) is 45.0. The maximum absolute atomic E-state index is 15.9. The molecule has 3 saturated heterocycles. The van der Waals surface area contributed by atoms with Crippen LogP contribution in [0.4, 0.5) is 30.4 Å². The van der Waals surface area contributed by atoms with Gasteiger partial charge in [0.1, 0.15) is 6.17 Å². The number of alkyl halides is 3. The predicted molar refractivity (Wildman–Crippen MR) is 241 cm³/mol. The lowest BCUT2D eigenvalue weighted by molar-refractivity contribution is -0.135. The molecule has 18 heteroatoms. The van der Waals surface area contributed by atoms with Crippen LogP contribution in [0, 0.1) is 0 Å². The first-order valence-corrected chi connectivity index (χ1v) is 22.8. The number of anilines is 3. The Morgan fingerprint density at radius 2 is 1.75 bits per heavy atom. The molecule has 10 rings (SSSR count). The molecule has 3 N–H and O–H groups in total. The molecule has 1 aliphatic carbocycles. The van der Waals surface area contributed by atoms with Crippen LogP contribution in [0.2, 0.25) is 5.02 Å². The first kappa shape index (κ1) is 43.3. The van der Waals surface area contributed by atoms with Crippen LogP contribution in [0.25, 0.3) is 16.9 Å². The molecule has 0 radical (unpaired) electrons. The number of hydrogen-bond donors (Lipinski definition) is 3. The smallest absolute Gasteiger partial charge is 0.275 e. The number of carbonyl (C=O) groups excluding carboxylic acids is 3. The number of imidazole rings is 1. The van der Waals surface area contributed by atoms with Crippen LogP contribution in [-0.2, 0) is 29.0 Å². The Balaban J connectivity index is 0.738. The van der Waals surface area contributed by atoms with E-state index in [9.17, 15) is 18.8 Å². The van der Waals surface area contributed by atoms with Gasteiger partial charge in [-0.05, 0) is 66.1 Å². The summed E-state index contributed by atoms with van der Waals surface area (Å²) in [5, 5.41) is 13.6. The molecular formula is C47H51ClF3N11O3. The number of nitrogens with one attached hydrogen (secondary N) is 3. The number of piperidine rings is 2. The summed E-state index contributed by atoms with van der Waals surface area (Å²) in [6.45, 7) is 4.60. The quantitative estimate of drug-likeness (QED) is 0.135. The summed E-state index contributed by atoms with van der Waals surface area (Å²) in [6.07, 6.45) is 5.10. The molecule has 4 atom stereocenters. The van der Waals surface area contributed by atoms with E-state index in [1.54, 1.807) is 13.2 Å². The van der Waals surface area contributed by atoms with E-state index >= 15 is 8.78 Å². The van der Waals surface area contributed by atoms with Crippen molar-refractivity contribution >= 4 is 52.2 Å². The van der Waals surface area contributed by atoms with E-state index in [4.69, 9.17) is 21.7 Å². The number of pyridine rings is 1. The minimum atomic E-state index is -2.87. The largest absolute Gasteiger partial charge is 0.385 e. The number of rotatable bonds is 12. The molecule has 0 bridgehead atoms. The van der Waals surface area contributed by atoms with E-state index in [1.807, 2.05) is 64.4 Å². The summed E-state index contributed by atoms with van der Waals surface area (Å²) in [6, 6.07) is 16.3. The van der Waals surface area contributed by atoms with Gasteiger partial charge in [-0.25, -0.2) is 22.7 Å². The van der Waals surface area contributed by atoms with Gasteiger partial charge >= 0.3 is 0 Å². The summed E-state index contributed by atoms with van der Waals surface area (Å²) in [5.74, 6) is -3.69. The summed E-state index contributed by atoms with van der Waals surface area (Å²) in [5.41, 5.74) is 7.92. The average Bonchev–Trinajstić information content (AvgIpc) is 3.61. The molecule has 1 saturated carbocycles. The molecule has 3 amide bonds. The number of halogens is 4. The highest BCUT2D eigenvalue weighted by atomic mass is 35.5. The normalized spacial score (nSPS) is 23.7. The summed E-state index contributed by atoms with van der Waals surface area (Å²) in [4.78, 5) is 54.6. The fraction of sp³-hybridized carbons (Fsp3) is 0.447. The number of imide groups is 1. The highest BCUT2D eigenvalue weighted by Gasteiger charge is 2.48. The minimum absolute atomic E-state index is 0.228. The first-order valence-electron chi connectivity index (χ1n) is 22.5. The first-order chi connectivity index (χ1) is 31.4. The topological polar surface area (TPSA) is 143 Å². The van der Waals surface area contributed by atoms with Crippen LogP contribution in [0.5, 0.6) is 0 Å². The van der Waals surface area contributed by atoms with Gasteiger partial charge in [0, 0.05) is 101 Å². The van der Waals surface area contributed by atoms with Crippen LogP contribution >= 0.6 is 11.6 Å². The van der Waals surface area contributed by atoms with Crippen molar-refractivity contribution in [2.24, 2.45) is 0 Å². The van der Waals surface area contributed by atoms with Gasteiger partial charge in [-0.1, -0.05) is 41.9 Å². The number of benzene rings is 2. The number of nitrogens with zero attached hydrogens (tertiary/aromatic N) is 8. The molecule has 4 aliphatic heterocycles. The van der Waals surface area contributed by atoms with Crippen LogP contribution in [0.3, 0.4) is 0 Å². The molecule has 7 heterocycles. The van der Waals surface area contributed by atoms with Gasteiger partial charge in [0.15, 0.2) is 17.2 Å². The number of aromatic nitrogens is 4. The average molecular weight is 910 g/mol. The Bertz CT molecular complexity index is 2640. The Labute approximate surface area is 379 Å². The third-order valence-electron chi connectivity index (χ3n) is 13.7. The fourth-order valence-electron chi connectivity index (χ4n) is 10.0. The molecule has 65 heavy (non-hydrogen) atoms. The van der Waals surface area contributed by atoms with E-state index in [-0.39, 0.29) is 30.5 Å². The van der Waals surface area contributed by atoms with Gasteiger partial charge in [0.2, 0.25) is 11.8 Å². The van der Waals surface area contributed by atoms with Crippen molar-refractivity contribution in [1.82, 2.24) is 44.9 Å². The summed E-state index contributed by atoms with van der Waals surface area (Å²) in [7, 11) is 1.78. The van der Waals surface area contributed by atoms with Crippen LogP contribution in [0.15, 0.2) is 67.0 Å². The second-order valence-electron chi connectivity index (χ2n) is 17.9. The third kappa shape index (κ3) is 8.78. The van der Waals surface area contributed by atoms with E-state index < -0.39 is 36.0 Å². The van der Waals surface area contributed by atoms with Crippen LogP contribution in [-0.4, -0.2) is 136 Å². The molecule has 4 fully saturated rings. The fourth-order valence-corrected chi connectivity index (χ4v) is 10.3. The Hall–Kier alpha value is -5.62. The Morgan fingerprint density at radius 1 is 0.938 bits per heavy atom. The van der Waals surface area contributed by atoms with Crippen molar-refractivity contribution in [2.75, 3.05) is 69.6 Å². The lowest BCUT2D eigenvalue weighted by Crippen LogP contribution is -2.61. The number of hydrogen-bond acceptors (Lipinski definition) is 11. The monoisotopic (exact) mass is 909 g/mol. The molecule has 0 spiro atoms. The van der Waals surface area contributed by atoms with E-state index in [0.29, 0.717) is 87.3 Å². The van der Waals surface area contributed by atoms with Gasteiger partial charge in [-0.15, -0.1) is 5.10 Å². The number of carbonyl (C=O) groups is 3. The number of fused-ring (bicyclic) bond motifs is 2. The van der Waals surface area contributed by atoms with Crippen molar-refractivity contribution in [1.29, 1.82) is 0 Å². The van der Waals surface area contributed by atoms with Crippen molar-refractivity contribution in [3.05, 3.63) is 100.0 Å². The van der Waals surface area contributed by atoms with E-state index in [2.05, 4.69) is 30.7 Å². The lowest BCUT2D eigenvalue weighted by atomic mass is 9.89. The van der Waals surface area contributed by atoms with Gasteiger partial charge in [-0.3, -0.25) is 34.5 Å². The van der Waals surface area contributed by atoms with E-state index in [1.165, 1.54) is 10.7 Å². The second-order valence-corrected chi connectivity index (χ2v) is 18.3. The third-order valence-corrected chi connectivity index (χ3v) is 14.0. The number of amides is 3. The second kappa shape index (κ2) is 17.6. The zero-order valence-corrected chi connectivity index (χ0v) is 36.8. The molecule has 1 unspecified atom stereocenters. The molecule has 14 nitrogen and oxygen atoms in total. The standard InChI is InChI=1S/C47H51ClF3N11O3/c1-52-38-23-42(57-62-40(25-54-44(38)62)46(65)55-37-22-35(37)49)61-16-12-31-30(3-2-4-39(31)61)36-9-6-29(24-53-36)26-59-15-13-41(47(50,51)27-59)60-19-17-58(18-20-60)14-11-28-5-8-34(48)33(21-28)32-7-10-43(63)56-45(32)64/h2-6,8-9,21,23-25,32,35,37,41,52H,7,10-20,22,26-27H2,1H3,(H,55,65)(H,56,63,64)/t32?,35-,37+,41-/m0/s1. The molecule has 3 aromatic heterocycles. The molecule has 340 valence electrons. The SMILES string of the molecule is CNc1cc(N2CCc3c(-c4ccc(CN5CC[C@H](N6CCN(CCc7ccc(Cl)c(C8CCC(=O)NC8=O)c7)CC6)C(F)(F)C5)cn4)cccc32)nn2c(C(=O)N[C@@H]3C[C@@H]3F)cnc12. The minimum Gasteiger partial charge on any atom is -0.385 e. The van der Waals surface area contributed by atoms with Gasteiger partial charge in [-0.2, -0.15) is 0 Å². The van der Waals surface area contributed by atoms with Gasteiger partial charge in [0.25, 0.3) is 11.8 Å². The Kier molecular flexibility index (Phi) is 11.7. The Morgan fingerprint density at radius 3 is 2.49 bits per heavy atom. The zero-order valence-electron chi connectivity index (χ0n) is 36.1. The van der Waals surface area contributed by atoms with Crippen molar-refractivity contribution < 1.29 is 27.6 Å². The molecule has 2 aromatic carbocycles.